The van der Waals surface area contributed by atoms with Gasteiger partial charge in [0.1, 0.15) is 11.6 Å². The molecule has 3 heterocycles. The molecule has 5 nitrogen and oxygen atoms in total. The molecule has 2 unspecified atom stereocenters. The Hall–Kier alpha value is -3.03. The Kier molecular flexibility index (Phi) is 7.85. The quantitative estimate of drug-likeness (QED) is 0.518. The maximum Gasteiger partial charge on any atom is 0.228 e. The first-order valence-electron chi connectivity index (χ1n) is 12.5. The van der Waals surface area contributed by atoms with E-state index in [4.69, 9.17) is 0 Å². The molecule has 1 amide bonds. The molecule has 2 aromatic carbocycles. The van der Waals surface area contributed by atoms with Gasteiger partial charge >= 0.3 is 0 Å². The SMILES string of the molecule is CC1CN(C(=O)[C@@H]2CN(c3cccnc3)C[C@H]2c2ccc(F)cc2F)CC(C)C1(O)c1ccccc1.Cl. The van der Waals surface area contributed by atoms with E-state index in [1.54, 1.807) is 12.4 Å². The number of carbonyl (C=O) groups is 1. The molecule has 0 radical (unpaired) electrons. The van der Waals surface area contributed by atoms with Gasteiger partial charge in [-0.2, -0.15) is 0 Å². The van der Waals surface area contributed by atoms with Crippen molar-refractivity contribution in [3.8, 4) is 0 Å². The zero-order chi connectivity index (χ0) is 25.4. The van der Waals surface area contributed by atoms with Crippen molar-refractivity contribution in [1.29, 1.82) is 0 Å². The number of aliphatic hydroxyl groups is 1. The predicted molar refractivity (Wildman–Crippen MR) is 142 cm³/mol. The van der Waals surface area contributed by atoms with E-state index in [1.807, 2.05) is 66.1 Å². The summed E-state index contributed by atoms with van der Waals surface area (Å²) in [6, 6.07) is 16.9. The highest BCUT2D eigenvalue weighted by molar-refractivity contribution is 5.85. The maximum atomic E-state index is 14.9. The molecule has 0 aliphatic carbocycles. The first-order valence-corrected chi connectivity index (χ1v) is 12.5. The third kappa shape index (κ3) is 4.94. The van der Waals surface area contributed by atoms with E-state index in [-0.39, 0.29) is 30.2 Å². The molecule has 2 fully saturated rings. The molecule has 37 heavy (non-hydrogen) atoms. The second-order valence-corrected chi connectivity index (χ2v) is 10.2. The van der Waals surface area contributed by atoms with Crippen LogP contribution >= 0.6 is 12.4 Å². The number of hydrogen-bond acceptors (Lipinski definition) is 4. The monoisotopic (exact) mass is 527 g/mol. The van der Waals surface area contributed by atoms with Crippen LogP contribution < -0.4 is 4.90 Å². The van der Waals surface area contributed by atoms with E-state index in [0.717, 1.165) is 17.3 Å². The van der Waals surface area contributed by atoms with Crippen LogP contribution in [0.5, 0.6) is 0 Å². The van der Waals surface area contributed by atoms with Crippen molar-refractivity contribution in [2.75, 3.05) is 31.1 Å². The van der Waals surface area contributed by atoms with Gasteiger partial charge in [0, 0.05) is 56.2 Å². The normalized spacial score (nSPS) is 27.6. The molecule has 2 aliphatic heterocycles. The number of amides is 1. The minimum absolute atomic E-state index is 0. The number of aromatic nitrogens is 1. The van der Waals surface area contributed by atoms with Crippen LogP contribution in [0.15, 0.2) is 73.1 Å². The lowest BCUT2D eigenvalue weighted by atomic mass is 9.70. The lowest BCUT2D eigenvalue weighted by Gasteiger charge is -2.48. The molecule has 196 valence electrons. The minimum Gasteiger partial charge on any atom is -0.384 e. The number of halogens is 3. The molecule has 2 saturated heterocycles. The lowest BCUT2D eigenvalue weighted by molar-refractivity contribution is -0.152. The molecular formula is C29H32ClF2N3O2. The van der Waals surface area contributed by atoms with Crippen molar-refractivity contribution in [3.05, 3.63) is 95.8 Å². The second-order valence-electron chi connectivity index (χ2n) is 10.2. The van der Waals surface area contributed by atoms with Crippen molar-refractivity contribution in [3.63, 3.8) is 0 Å². The van der Waals surface area contributed by atoms with Crippen LogP contribution in [0.2, 0.25) is 0 Å². The van der Waals surface area contributed by atoms with Gasteiger partial charge in [-0.3, -0.25) is 9.78 Å². The Bertz CT molecular complexity index is 1220. The van der Waals surface area contributed by atoms with Gasteiger partial charge in [0.2, 0.25) is 5.91 Å². The van der Waals surface area contributed by atoms with Crippen molar-refractivity contribution >= 4 is 24.0 Å². The zero-order valence-corrected chi connectivity index (χ0v) is 21.7. The van der Waals surface area contributed by atoms with Crippen LogP contribution in [-0.2, 0) is 10.4 Å². The molecule has 1 aromatic heterocycles. The number of pyridine rings is 1. The van der Waals surface area contributed by atoms with Crippen LogP contribution in [0.25, 0.3) is 0 Å². The summed E-state index contributed by atoms with van der Waals surface area (Å²) in [6.45, 7) is 5.58. The Morgan fingerprint density at radius 3 is 2.30 bits per heavy atom. The van der Waals surface area contributed by atoms with E-state index in [9.17, 15) is 18.7 Å². The highest BCUT2D eigenvalue weighted by Gasteiger charge is 2.49. The molecule has 0 saturated carbocycles. The van der Waals surface area contributed by atoms with Crippen LogP contribution in [0.1, 0.15) is 30.9 Å². The summed E-state index contributed by atoms with van der Waals surface area (Å²) in [4.78, 5) is 22.0. The molecule has 5 rings (SSSR count). The van der Waals surface area contributed by atoms with Crippen molar-refractivity contribution < 1.29 is 18.7 Å². The number of hydrogen-bond donors (Lipinski definition) is 1. The molecule has 3 aromatic rings. The van der Waals surface area contributed by atoms with Crippen LogP contribution in [0, 0.1) is 29.4 Å². The summed E-state index contributed by atoms with van der Waals surface area (Å²) in [5.41, 5.74) is 1.02. The minimum atomic E-state index is -1.04. The topological polar surface area (TPSA) is 56.7 Å². The fraction of sp³-hybridized carbons (Fsp3) is 0.379. The Labute approximate surface area is 222 Å². The van der Waals surface area contributed by atoms with Gasteiger partial charge in [-0.15, -0.1) is 12.4 Å². The molecule has 2 aliphatic rings. The average molecular weight is 528 g/mol. The number of carbonyl (C=O) groups excluding carboxylic acids is 1. The molecule has 0 spiro atoms. The van der Waals surface area contributed by atoms with Crippen molar-refractivity contribution in [2.45, 2.75) is 25.4 Å². The van der Waals surface area contributed by atoms with E-state index >= 15 is 0 Å². The van der Waals surface area contributed by atoms with Crippen LogP contribution in [-0.4, -0.2) is 47.1 Å². The summed E-state index contributed by atoms with van der Waals surface area (Å²) in [5, 5.41) is 11.7. The third-order valence-corrected chi connectivity index (χ3v) is 8.05. The van der Waals surface area contributed by atoms with Crippen molar-refractivity contribution in [2.24, 2.45) is 17.8 Å². The van der Waals surface area contributed by atoms with Crippen LogP contribution in [0.3, 0.4) is 0 Å². The van der Waals surface area contributed by atoms with E-state index < -0.39 is 29.1 Å². The summed E-state index contributed by atoms with van der Waals surface area (Å²) >= 11 is 0. The molecule has 4 atom stereocenters. The van der Waals surface area contributed by atoms with E-state index in [2.05, 4.69) is 4.98 Å². The van der Waals surface area contributed by atoms with Crippen LogP contribution in [0.4, 0.5) is 14.5 Å². The van der Waals surface area contributed by atoms with Gasteiger partial charge in [0.15, 0.2) is 0 Å². The summed E-state index contributed by atoms with van der Waals surface area (Å²) in [5.74, 6) is -2.66. The number of rotatable bonds is 4. The average Bonchev–Trinajstić information content (AvgIpc) is 3.32. The Balaban J connectivity index is 0.00000320. The number of anilines is 1. The lowest BCUT2D eigenvalue weighted by Crippen LogP contribution is -2.57. The molecule has 0 bridgehead atoms. The summed E-state index contributed by atoms with van der Waals surface area (Å²) in [6.07, 6.45) is 3.42. The molecular weight excluding hydrogens is 496 g/mol. The van der Waals surface area contributed by atoms with Gasteiger partial charge < -0.3 is 14.9 Å². The molecule has 1 N–H and O–H groups in total. The summed E-state index contributed by atoms with van der Waals surface area (Å²) in [7, 11) is 0. The fourth-order valence-electron chi connectivity index (χ4n) is 6.11. The van der Waals surface area contributed by atoms with Gasteiger partial charge in [0.25, 0.3) is 0 Å². The highest BCUT2D eigenvalue weighted by atomic mass is 35.5. The number of benzene rings is 2. The predicted octanol–water partition coefficient (Wildman–Crippen LogP) is 5.00. The van der Waals surface area contributed by atoms with E-state index in [1.165, 1.54) is 12.1 Å². The number of piperidine rings is 1. The van der Waals surface area contributed by atoms with E-state index in [0.29, 0.717) is 31.7 Å². The Morgan fingerprint density at radius 1 is 0.973 bits per heavy atom. The largest absolute Gasteiger partial charge is 0.384 e. The van der Waals surface area contributed by atoms with Gasteiger partial charge in [0.05, 0.1) is 23.4 Å². The number of likely N-dealkylation sites (tertiary alicyclic amines) is 1. The first kappa shape index (κ1) is 27.0. The van der Waals surface area contributed by atoms with Gasteiger partial charge in [-0.05, 0) is 29.3 Å². The van der Waals surface area contributed by atoms with Crippen molar-refractivity contribution in [1.82, 2.24) is 9.88 Å². The standard InChI is InChI=1S/C29H31F2N3O2.ClH/c1-19-15-34(16-20(2)29(19,36)21-7-4-3-5-8-21)28(35)26-18-33(23-9-6-12-32-14-23)17-25(26)24-11-10-22(30)13-27(24)31;/h3-14,19-20,25-26,36H,15-18H2,1-2H3;1H/t19?,20?,25-,26+,29?;/m0./s1. The zero-order valence-electron chi connectivity index (χ0n) is 20.9. The smallest absolute Gasteiger partial charge is 0.228 e. The second kappa shape index (κ2) is 10.8. The summed E-state index contributed by atoms with van der Waals surface area (Å²) < 4.78 is 28.6. The number of nitrogens with zero attached hydrogens (tertiary/aromatic N) is 3. The first-order chi connectivity index (χ1) is 17.3. The highest BCUT2D eigenvalue weighted by Crippen LogP contribution is 2.43. The Morgan fingerprint density at radius 2 is 1.68 bits per heavy atom. The third-order valence-electron chi connectivity index (χ3n) is 8.05. The molecule has 8 heteroatoms. The fourth-order valence-corrected chi connectivity index (χ4v) is 6.11. The van der Waals surface area contributed by atoms with Gasteiger partial charge in [-0.25, -0.2) is 8.78 Å². The van der Waals surface area contributed by atoms with Gasteiger partial charge in [-0.1, -0.05) is 50.2 Å². The maximum absolute atomic E-state index is 14.9.